The van der Waals surface area contributed by atoms with Gasteiger partial charge in [-0.25, -0.2) is 0 Å². The molecule has 0 heterocycles. The Balaban J connectivity index is 1.86. The van der Waals surface area contributed by atoms with Crippen molar-refractivity contribution in [1.29, 1.82) is 0 Å². The van der Waals surface area contributed by atoms with E-state index in [0.29, 0.717) is 6.61 Å². The first-order valence-corrected chi connectivity index (χ1v) is 11.3. The molecule has 3 heteroatoms. The molecular formula is C22H31O2P. The van der Waals surface area contributed by atoms with Gasteiger partial charge in [-0.3, -0.25) is 4.57 Å². The Bertz CT molecular complexity index is 581. The van der Waals surface area contributed by atoms with Gasteiger partial charge in [0.05, 0.1) is 6.61 Å². The molecule has 0 saturated heterocycles. The van der Waals surface area contributed by atoms with Crippen LogP contribution in [0.1, 0.15) is 58.3 Å². The van der Waals surface area contributed by atoms with Crippen LogP contribution in [0.15, 0.2) is 60.7 Å². The summed E-state index contributed by atoms with van der Waals surface area (Å²) in [6.07, 6.45) is 9.99. The van der Waals surface area contributed by atoms with Crippen molar-refractivity contribution in [1.82, 2.24) is 0 Å². The van der Waals surface area contributed by atoms with E-state index >= 15 is 0 Å². The van der Waals surface area contributed by atoms with Crippen LogP contribution in [0.4, 0.5) is 0 Å². The fraction of sp³-hybridized carbons (Fsp3) is 0.455. The van der Waals surface area contributed by atoms with E-state index < -0.39 is 7.37 Å². The highest BCUT2D eigenvalue weighted by Gasteiger charge is 2.27. The highest BCUT2D eigenvalue weighted by Crippen LogP contribution is 2.44. The highest BCUT2D eigenvalue weighted by molar-refractivity contribution is 7.74. The maximum Gasteiger partial charge on any atom is 0.261 e. The van der Waals surface area contributed by atoms with Crippen LogP contribution in [-0.4, -0.2) is 6.61 Å². The SMILES string of the molecule is CCCCCCCCCCOP(=O)(c1ccccc1)c1ccccc1. The lowest BCUT2D eigenvalue weighted by Gasteiger charge is -2.19. The van der Waals surface area contributed by atoms with Crippen LogP contribution in [0.2, 0.25) is 0 Å². The summed E-state index contributed by atoms with van der Waals surface area (Å²) < 4.78 is 19.6. The summed E-state index contributed by atoms with van der Waals surface area (Å²) in [6.45, 7) is 2.80. The average Bonchev–Trinajstić information content (AvgIpc) is 2.68. The van der Waals surface area contributed by atoms with Gasteiger partial charge in [-0.05, 0) is 30.7 Å². The van der Waals surface area contributed by atoms with Crippen molar-refractivity contribution in [2.45, 2.75) is 58.3 Å². The zero-order valence-corrected chi connectivity index (χ0v) is 16.3. The van der Waals surface area contributed by atoms with E-state index in [1.54, 1.807) is 0 Å². The summed E-state index contributed by atoms with van der Waals surface area (Å²) in [5.41, 5.74) is 0. The Morgan fingerprint density at radius 3 is 1.60 bits per heavy atom. The first kappa shape index (κ1) is 19.9. The molecule has 0 amide bonds. The molecule has 0 spiro atoms. The minimum atomic E-state index is -2.99. The first-order valence-electron chi connectivity index (χ1n) is 9.63. The molecule has 2 nitrogen and oxygen atoms in total. The summed E-state index contributed by atoms with van der Waals surface area (Å²) in [5.74, 6) is 0. The Hall–Kier alpha value is -1.37. The highest BCUT2D eigenvalue weighted by atomic mass is 31.2. The van der Waals surface area contributed by atoms with Gasteiger partial charge in [0.25, 0.3) is 7.37 Å². The predicted octanol–water partition coefficient (Wildman–Crippen LogP) is 6.07. The van der Waals surface area contributed by atoms with Crippen molar-refractivity contribution >= 4 is 18.0 Å². The van der Waals surface area contributed by atoms with Crippen molar-refractivity contribution in [3.05, 3.63) is 60.7 Å². The Morgan fingerprint density at radius 1 is 0.680 bits per heavy atom. The molecule has 0 saturated carbocycles. The molecule has 0 unspecified atom stereocenters. The average molecular weight is 358 g/mol. The maximum atomic E-state index is 13.6. The molecule has 0 radical (unpaired) electrons. The van der Waals surface area contributed by atoms with Crippen molar-refractivity contribution in [3.63, 3.8) is 0 Å². The van der Waals surface area contributed by atoms with Crippen LogP contribution in [0.3, 0.4) is 0 Å². The summed E-state index contributed by atoms with van der Waals surface area (Å²) >= 11 is 0. The van der Waals surface area contributed by atoms with E-state index in [1.165, 1.54) is 38.5 Å². The second-order valence-electron chi connectivity index (χ2n) is 6.53. The third kappa shape index (κ3) is 6.45. The number of benzene rings is 2. The van der Waals surface area contributed by atoms with Crippen molar-refractivity contribution < 1.29 is 9.09 Å². The van der Waals surface area contributed by atoms with E-state index in [0.717, 1.165) is 23.5 Å². The lowest BCUT2D eigenvalue weighted by atomic mass is 10.1. The monoisotopic (exact) mass is 358 g/mol. The number of rotatable bonds is 12. The molecule has 0 aromatic heterocycles. The van der Waals surface area contributed by atoms with Gasteiger partial charge >= 0.3 is 0 Å². The minimum absolute atomic E-state index is 0.552. The van der Waals surface area contributed by atoms with Gasteiger partial charge in [-0.15, -0.1) is 0 Å². The van der Waals surface area contributed by atoms with Crippen molar-refractivity contribution in [3.8, 4) is 0 Å². The predicted molar refractivity (Wildman–Crippen MR) is 108 cm³/mol. The van der Waals surface area contributed by atoms with Crippen LogP contribution < -0.4 is 10.6 Å². The van der Waals surface area contributed by atoms with Crippen LogP contribution in [0, 0.1) is 0 Å². The topological polar surface area (TPSA) is 26.3 Å². The Labute approximate surface area is 153 Å². The summed E-state index contributed by atoms with van der Waals surface area (Å²) in [6, 6.07) is 19.2. The Morgan fingerprint density at radius 2 is 1.12 bits per heavy atom. The van der Waals surface area contributed by atoms with E-state index in [1.807, 2.05) is 60.7 Å². The van der Waals surface area contributed by atoms with Gasteiger partial charge in [-0.2, -0.15) is 0 Å². The number of unbranched alkanes of at least 4 members (excludes halogenated alkanes) is 7. The van der Waals surface area contributed by atoms with Crippen molar-refractivity contribution in [2.75, 3.05) is 6.61 Å². The lowest BCUT2D eigenvalue weighted by molar-refractivity contribution is 0.313. The third-order valence-corrected chi connectivity index (χ3v) is 6.97. The molecule has 25 heavy (non-hydrogen) atoms. The van der Waals surface area contributed by atoms with Gasteiger partial charge in [0.15, 0.2) is 0 Å². The molecule has 2 aromatic rings. The zero-order chi connectivity index (χ0) is 17.8. The first-order chi connectivity index (χ1) is 12.3. The number of hydrogen-bond donors (Lipinski definition) is 0. The molecule has 136 valence electrons. The molecule has 0 N–H and O–H groups in total. The molecule has 0 atom stereocenters. The van der Waals surface area contributed by atoms with Gasteiger partial charge < -0.3 is 4.52 Å². The quantitative estimate of drug-likeness (QED) is 0.340. The smallest absolute Gasteiger partial charge is 0.261 e. The molecular weight excluding hydrogens is 327 g/mol. The van der Waals surface area contributed by atoms with Crippen LogP contribution in [-0.2, 0) is 9.09 Å². The van der Waals surface area contributed by atoms with Gasteiger partial charge in [0.2, 0.25) is 0 Å². The van der Waals surface area contributed by atoms with Gasteiger partial charge in [0, 0.05) is 10.6 Å². The summed E-state index contributed by atoms with van der Waals surface area (Å²) in [4.78, 5) is 0. The lowest BCUT2D eigenvalue weighted by Crippen LogP contribution is -2.18. The fourth-order valence-electron chi connectivity index (χ4n) is 2.98. The zero-order valence-electron chi connectivity index (χ0n) is 15.4. The third-order valence-electron chi connectivity index (χ3n) is 4.46. The molecule has 2 aromatic carbocycles. The minimum Gasteiger partial charge on any atom is -0.322 e. The second kappa shape index (κ2) is 11.3. The Kier molecular flexibility index (Phi) is 9.00. The van der Waals surface area contributed by atoms with E-state index in [-0.39, 0.29) is 0 Å². The van der Waals surface area contributed by atoms with Gasteiger partial charge in [-0.1, -0.05) is 88.3 Å². The molecule has 2 rings (SSSR count). The van der Waals surface area contributed by atoms with E-state index in [4.69, 9.17) is 4.52 Å². The molecule has 0 aliphatic heterocycles. The largest absolute Gasteiger partial charge is 0.322 e. The second-order valence-corrected chi connectivity index (χ2v) is 8.92. The normalized spacial score (nSPS) is 11.6. The molecule has 0 bridgehead atoms. The standard InChI is InChI=1S/C22H31O2P/c1-2-3-4-5-6-7-8-15-20-24-25(23,21-16-11-9-12-17-21)22-18-13-10-14-19-22/h9-14,16-19H,2-8,15,20H2,1H3. The number of hydrogen-bond acceptors (Lipinski definition) is 2. The van der Waals surface area contributed by atoms with Crippen LogP contribution >= 0.6 is 7.37 Å². The summed E-state index contributed by atoms with van der Waals surface area (Å²) in [7, 11) is -2.99. The molecule has 0 aliphatic rings. The molecule has 0 fully saturated rings. The fourth-order valence-corrected chi connectivity index (χ4v) is 5.09. The maximum absolute atomic E-state index is 13.6. The van der Waals surface area contributed by atoms with Crippen LogP contribution in [0.25, 0.3) is 0 Å². The van der Waals surface area contributed by atoms with Crippen LogP contribution in [0.5, 0.6) is 0 Å². The van der Waals surface area contributed by atoms with Crippen molar-refractivity contribution in [2.24, 2.45) is 0 Å². The van der Waals surface area contributed by atoms with E-state index in [9.17, 15) is 4.57 Å². The van der Waals surface area contributed by atoms with Gasteiger partial charge in [0.1, 0.15) is 0 Å². The summed E-state index contributed by atoms with van der Waals surface area (Å²) in [5, 5.41) is 1.56. The molecule has 0 aliphatic carbocycles. The van der Waals surface area contributed by atoms with E-state index in [2.05, 4.69) is 6.92 Å².